The minimum absolute atomic E-state index is 0.0606. The molecule has 0 rings (SSSR count). The predicted octanol–water partition coefficient (Wildman–Crippen LogP) is 2.04. The van der Waals surface area contributed by atoms with E-state index >= 15 is 0 Å². The number of carbonyl (C=O) groups is 1. The van der Waals surface area contributed by atoms with Gasteiger partial charge in [0.1, 0.15) is 6.07 Å². The van der Waals surface area contributed by atoms with E-state index in [1.807, 2.05) is 12.3 Å². The largest absolute Gasteiger partial charge is 0.462 e. The molecule has 4 nitrogen and oxygen atoms in total. The first-order chi connectivity index (χ1) is 7.71. The highest BCUT2D eigenvalue weighted by molar-refractivity contribution is 8.02. The molecule has 0 aliphatic carbocycles. The Morgan fingerprint density at radius 2 is 2.19 bits per heavy atom. The molecule has 0 amide bonds. The van der Waals surface area contributed by atoms with Crippen LogP contribution in [0.25, 0.3) is 0 Å². The molecule has 1 N–H and O–H groups in total. The van der Waals surface area contributed by atoms with Crippen molar-refractivity contribution in [2.75, 3.05) is 19.4 Å². The molecule has 0 aromatic rings. The van der Waals surface area contributed by atoms with Crippen LogP contribution in [-0.4, -0.2) is 25.4 Å². The van der Waals surface area contributed by atoms with Gasteiger partial charge in [0.25, 0.3) is 0 Å². The number of thioether (sulfide) groups is 1. The number of esters is 1. The summed E-state index contributed by atoms with van der Waals surface area (Å²) in [4.78, 5) is 11.5. The van der Waals surface area contributed by atoms with Crippen LogP contribution in [0, 0.1) is 11.3 Å². The summed E-state index contributed by atoms with van der Waals surface area (Å²) < 4.78 is 4.81. The van der Waals surface area contributed by atoms with Gasteiger partial charge in [0.05, 0.1) is 11.6 Å². The zero-order chi connectivity index (χ0) is 12.4. The van der Waals surface area contributed by atoms with Gasteiger partial charge in [0.15, 0.2) is 5.57 Å². The molecule has 0 spiro atoms. The minimum Gasteiger partial charge on any atom is -0.462 e. The highest BCUT2D eigenvalue weighted by atomic mass is 32.2. The third-order valence-corrected chi connectivity index (χ3v) is 2.60. The second kappa shape index (κ2) is 9.10. The molecule has 0 aliphatic rings. The normalized spacial score (nSPS) is 11.4. The molecule has 0 saturated heterocycles. The number of unbranched alkanes of at least 4 members (excludes halogenated alkanes) is 1. The van der Waals surface area contributed by atoms with Gasteiger partial charge >= 0.3 is 5.97 Å². The van der Waals surface area contributed by atoms with E-state index < -0.39 is 5.97 Å². The van der Waals surface area contributed by atoms with Crippen molar-refractivity contribution in [3.8, 4) is 6.07 Å². The first kappa shape index (κ1) is 14.8. The van der Waals surface area contributed by atoms with Crippen molar-refractivity contribution in [1.29, 1.82) is 5.26 Å². The van der Waals surface area contributed by atoms with E-state index in [1.54, 1.807) is 6.92 Å². The van der Waals surface area contributed by atoms with Crippen LogP contribution < -0.4 is 5.32 Å². The third kappa shape index (κ3) is 5.08. The highest BCUT2D eigenvalue weighted by Crippen LogP contribution is 2.14. The molecule has 0 fully saturated rings. The SMILES string of the molecule is CCCCN/C(SC)=C(\C#N)C(=O)OCC. The van der Waals surface area contributed by atoms with Gasteiger partial charge in [-0.3, -0.25) is 0 Å². The summed E-state index contributed by atoms with van der Waals surface area (Å²) in [7, 11) is 0. The van der Waals surface area contributed by atoms with Gasteiger partial charge in [-0.15, -0.1) is 11.8 Å². The Bertz CT molecular complexity index is 295. The average Bonchev–Trinajstić information content (AvgIpc) is 2.28. The summed E-state index contributed by atoms with van der Waals surface area (Å²) in [6, 6.07) is 1.89. The van der Waals surface area contributed by atoms with Gasteiger partial charge in [-0.1, -0.05) is 13.3 Å². The summed E-state index contributed by atoms with van der Waals surface area (Å²) in [5.74, 6) is -0.557. The Hall–Kier alpha value is -1.15. The second-order valence-electron chi connectivity index (χ2n) is 3.02. The zero-order valence-corrected chi connectivity index (χ0v) is 10.8. The Morgan fingerprint density at radius 3 is 2.62 bits per heavy atom. The molecule has 0 saturated carbocycles. The fraction of sp³-hybridized carbons (Fsp3) is 0.636. The van der Waals surface area contributed by atoms with Crippen LogP contribution in [0.1, 0.15) is 26.7 Å². The van der Waals surface area contributed by atoms with Crippen molar-refractivity contribution >= 4 is 17.7 Å². The van der Waals surface area contributed by atoms with Crippen LogP contribution in [0.2, 0.25) is 0 Å². The maximum atomic E-state index is 11.5. The lowest BCUT2D eigenvalue weighted by Gasteiger charge is -2.09. The number of carbonyl (C=O) groups excluding carboxylic acids is 1. The molecule has 0 bridgehead atoms. The maximum absolute atomic E-state index is 11.5. The van der Waals surface area contributed by atoms with Gasteiger partial charge in [0.2, 0.25) is 0 Å². The molecule has 0 aromatic carbocycles. The first-order valence-corrected chi connectivity index (χ1v) is 6.53. The number of nitrogens with one attached hydrogen (secondary N) is 1. The van der Waals surface area contributed by atoms with E-state index in [-0.39, 0.29) is 12.2 Å². The van der Waals surface area contributed by atoms with Crippen molar-refractivity contribution in [2.24, 2.45) is 0 Å². The van der Waals surface area contributed by atoms with E-state index in [2.05, 4.69) is 12.2 Å². The molecule has 0 unspecified atom stereocenters. The number of nitrogens with zero attached hydrogens (tertiary/aromatic N) is 1. The summed E-state index contributed by atoms with van der Waals surface area (Å²) in [6.07, 6.45) is 3.90. The molecule has 16 heavy (non-hydrogen) atoms. The topological polar surface area (TPSA) is 62.1 Å². The molecule has 0 aliphatic heterocycles. The summed E-state index contributed by atoms with van der Waals surface area (Å²) in [6.45, 7) is 4.84. The smallest absolute Gasteiger partial charge is 0.351 e. The molecule has 0 heterocycles. The molecule has 0 radical (unpaired) electrons. The second-order valence-corrected chi connectivity index (χ2v) is 3.84. The molecule has 0 aromatic heterocycles. The van der Waals surface area contributed by atoms with E-state index in [0.29, 0.717) is 5.03 Å². The van der Waals surface area contributed by atoms with Crippen LogP contribution in [0.15, 0.2) is 10.6 Å². The van der Waals surface area contributed by atoms with E-state index in [9.17, 15) is 4.79 Å². The lowest BCUT2D eigenvalue weighted by molar-refractivity contribution is -0.138. The van der Waals surface area contributed by atoms with Gasteiger partial charge < -0.3 is 10.1 Å². The fourth-order valence-corrected chi connectivity index (χ4v) is 1.61. The molecule has 0 atom stereocenters. The monoisotopic (exact) mass is 242 g/mol. The Labute approximate surface area is 101 Å². The van der Waals surface area contributed by atoms with E-state index in [1.165, 1.54) is 11.8 Å². The van der Waals surface area contributed by atoms with Crippen molar-refractivity contribution in [1.82, 2.24) is 5.32 Å². The molecule has 90 valence electrons. The average molecular weight is 242 g/mol. The van der Waals surface area contributed by atoms with Crippen molar-refractivity contribution < 1.29 is 9.53 Å². The Balaban J connectivity index is 4.64. The standard InChI is InChI=1S/C11H18N2O2S/c1-4-6-7-13-10(16-3)9(8-12)11(14)15-5-2/h13H,4-7H2,1-3H3/b10-9-. The van der Waals surface area contributed by atoms with Gasteiger partial charge in [-0.05, 0) is 19.6 Å². The Morgan fingerprint density at radius 1 is 1.50 bits per heavy atom. The lowest BCUT2D eigenvalue weighted by Crippen LogP contribution is -2.18. The van der Waals surface area contributed by atoms with Crippen LogP contribution >= 0.6 is 11.8 Å². The van der Waals surface area contributed by atoms with Crippen molar-refractivity contribution in [2.45, 2.75) is 26.7 Å². The number of nitriles is 1. The van der Waals surface area contributed by atoms with Crippen molar-refractivity contribution in [3.05, 3.63) is 10.6 Å². The summed E-state index contributed by atoms with van der Waals surface area (Å²) in [5, 5.41) is 12.6. The first-order valence-electron chi connectivity index (χ1n) is 5.30. The third-order valence-electron chi connectivity index (χ3n) is 1.84. The summed E-state index contributed by atoms with van der Waals surface area (Å²) in [5.41, 5.74) is 0.0606. The minimum atomic E-state index is -0.557. The highest BCUT2D eigenvalue weighted by Gasteiger charge is 2.15. The Kier molecular flexibility index (Phi) is 8.45. The van der Waals surface area contributed by atoms with Crippen LogP contribution in [0.5, 0.6) is 0 Å². The fourth-order valence-electron chi connectivity index (χ4n) is 1.03. The molecular formula is C11H18N2O2S. The van der Waals surface area contributed by atoms with E-state index in [0.717, 1.165) is 19.4 Å². The van der Waals surface area contributed by atoms with Gasteiger partial charge in [-0.2, -0.15) is 5.26 Å². The number of hydrogen-bond donors (Lipinski definition) is 1. The van der Waals surface area contributed by atoms with Gasteiger partial charge in [0, 0.05) is 6.54 Å². The zero-order valence-electron chi connectivity index (χ0n) is 10.0. The maximum Gasteiger partial charge on any atom is 0.351 e. The predicted molar refractivity (Wildman–Crippen MR) is 65.7 cm³/mol. The van der Waals surface area contributed by atoms with Crippen LogP contribution in [-0.2, 0) is 9.53 Å². The number of ether oxygens (including phenoxy) is 1. The lowest BCUT2D eigenvalue weighted by atomic mass is 10.3. The molecule has 5 heteroatoms. The van der Waals surface area contributed by atoms with E-state index in [4.69, 9.17) is 10.00 Å². The summed E-state index contributed by atoms with van der Waals surface area (Å²) >= 11 is 1.35. The number of rotatable bonds is 7. The quantitative estimate of drug-likeness (QED) is 0.320. The van der Waals surface area contributed by atoms with Crippen LogP contribution in [0.3, 0.4) is 0 Å². The van der Waals surface area contributed by atoms with Gasteiger partial charge in [-0.25, -0.2) is 4.79 Å². The van der Waals surface area contributed by atoms with Crippen molar-refractivity contribution in [3.63, 3.8) is 0 Å². The van der Waals surface area contributed by atoms with Crippen LogP contribution in [0.4, 0.5) is 0 Å². The number of hydrogen-bond acceptors (Lipinski definition) is 5. The molecular weight excluding hydrogens is 224 g/mol.